The minimum atomic E-state index is 0.519. The third-order valence-electron chi connectivity index (χ3n) is 6.59. The smallest absolute Gasteiger partial charge is 0.0351 e. The van der Waals surface area contributed by atoms with E-state index >= 15 is 0 Å². The molecule has 0 heterocycles. The fraction of sp³-hybridized carbons (Fsp3) is 0.750. The van der Waals surface area contributed by atoms with Crippen LogP contribution < -0.4 is 10.6 Å². The van der Waals surface area contributed by atoms with Gasteiger partial charge in [0.15, 0.2) is 0 Å². The van der Waals surface area contributed by atoms with Crippen LogP contribution in [0.2, 0.25) is 0 Å². The normalized spacial score (nSPS) is 21.1. The van der Waals surface area contributed by atoms with Gasteiger partial charge in [-0.3, -0.25) is 0 Å². The molecule has 0 saturated heterocycles. The van der Waals surface area contributed by atoms with Crippen LogP contribution in [0.4, 0.5) is 0 Å². The molecule has 2 fully saturated rings. The van der Waals surface area contributed by atoms with E-state index in [1.807, 2.05) is 0 Å². The highest BCUT2D eigenvalue weighted by atomic mass is 14.9. The summed E-state index contributed by atoms with van der Waals surface area (Å²) >= 11 is 0. The fourth-order valence-corrected chi connectivity index (χ4v) is 5.16. The molecule has 0 bridgehead atoms. The topological polar surface area (TPSA) is 24.1 Å². The molecule has 148 valence electrons. The first-order chi connectivity index (χ1) is 12.6. The molecule has 2 atom stereocenters. The van der Waals surface area contributed by atoms with Crippen molar-refractivity contribution in [1.29, 1.82) is 0 Å². The average Bonchev–Trinajstić information content (AvgIpc) is 3.13. The van der Waals surface area contributed by atoms with Crippen LogP contribution in [0.5, 0.6) is 0 Å². The van der Waals surface area contributed by atoms with Crippen molar-refractivity contribution < 1.29 is 0 Å². The fourth-order valence-electron chi connectivity index (χ4n) is 5.16. The summed E-state index contributed by atoms with van der Waals surface area (Å²) in [7, 11) is 0. The summed E-state index contributed by atoms with van der Waals surface area (Å²) in [5, 5.41) is 7.19. The maximum absolute atomic E-state index is 4.44. The highest BCUT2D eigenvalue weighted by Crippen LogP contribution is 2.35. The molecule has 2 N–H and O–H groups in total. The van der Waals surface area contributed by atoms with E-state index in [0.29, 0.717) is 12.0 Å². The Hall–Kier alpha value is -1.18. The van der Waals surface area contributed by atoms with Gasteiger partial charge in [-0.05, 0) is 63.0 Å². The highest BCUT2D eigenvalue weighted by molar-refractivity contribution is 5.08. The van der Waals surface area contributed by atoms with E-state index in [1.54, 1.807) is 6.20 Å². The lowest BCUT2D eigenvalue weighted by atomic mass is 9.75. The SMILES string of the molecule is C=CNCCCC(C(=C)C)C(NC(=C)CC1CCCC1)C1CCCCC1. The molecule has 0 aromatic heterocycles. The quantitative estimate of drug-likeness (QED) is 0.315. The Morgan fingerprint density at radius 3 is 2.31 bits per heavy atom. The third kappa shape index (κ3) is 6.85. The Labute approximate surface area is 162 Å². The highest BCUT2D eigenvalue weighted by Gasteiger charge is 2.31. The lowest BCUT2D eigenvalue weighted by molar-refractivity contribution is 0.223. The summed E-state index contributed by atoms with van der Waals surface area (Å²) in [6.45, 7) is 15.8. The molecular formula is C24H42N2. The van der Waals surface area contributed by atoms with E-state index in [4.69, 9.17) is 0 Å². The number of rotatable bonds is 12. The lowest BCUT2D eigenvalue weighted by Crippen LogP contribution is -2.43. The predicted octanol–water partition coefficient (Wildman–Crippen LogP) is 6.32. The van der Waals surface area contributed by atoms with Crippen LogP contribution in [0.3, 0.4) is 0 Å². The maximum Gasteiger partial charge on any atom is 0.0351 e. The molecule has 0 radical (unpaired) electrons. The molecule has 0 spiro atoms. The van der Waals surface area contributed by atoms with Crippen LogP contribution in [0.1, 0.15) is 84.0 Å². The van der Waals surface area contributed by atoms with E-state index in [9.17, 15) is 0 Å². The Morgan fingerprint density at radius 1 is 1.04 bits per heavy atom. The van der Waals surface area contributed by atoms with Crippen molar-refractivity contribution in [3.05, 3.63) is 37.2 Å². The van der Waals surface area contributed by atoms with Gasteiger partial charge in [-0.2, -0.15) is 0 Å². The van der Waals surface area contributed by atoms with Crippen molar-refractivity contribution in [2.24, 2.45) is 17.8 Å². The van der Waals surface area contributed by atoms with Crippen molar-refractivity contribution in [3.8, 4) is 0 Å². The van der Waals surface area contributed by atoms with Gasteiger partial charge in [-0.25, -0.2) is 0 Å². The summed E-state index contributed by atoms with van der Waals surface area (Å²) < 4.78 is 0. The van der Waals surface area contributed by atoms with Crippen molar-refractivity contribution in [1.82, 2.24) is 10.6 Å². The number of nitrogens with one attached hydrogen (secondary N) is 2. The molecule has 2 saturated carbocycles. The van der Waals surface area contributed by atoms with Gasteiger partial charge in [-0.15, -0.1) is 0 Å². The molecule has 0 aromatic rings. The first-order valence-corrected chi connectivity index (χ1v) is 11.1. The minimum absolute atomic E-state index is 0.519. The van der Waals surface area contributed by atoms with E-state index in [-0.39, 0.29) is 0 Å². The Bertz CT molecular complexity index is 441. The van der Waals surface area contributed by atoms with Crippen molar-refractivity contribution in [3.63, 3.8) is 0 Å². The zero-order valence-corrected chi connectivity index (χ0v) is 17.2. The van der Waals surface area contributed by atoms with Gasteiger partial charge in [0.25, 0.3) is 0 Å². The number of hydrogen-bond acceptors (Lipinski definition) is 2. The number of hydrogen-bond donors (Lipinski definition) is 2. The van der Waals surface area contributed by atoms with E-state index < -0.39 is 0 Å². The van der Waals surface area contributed by atoms with Crippen LogP contribution >= 0.6 is 0 Å². The van der Waals surface area contributed by atoms with Gasteiger partial charge < -0.3 is 10.6 Å². The summed E-state index contributed by atoms with van der Waals surface area (Å²) in [5.74, 6) is 2.19. The standard InChI is InChI=1S/C24H42N2/c1-5-25-17-11-16-23(19(2)3)24(22-14-7-6-8-15-22)26-20(4)18-21-12-9-10-13-21/h5,21-26H,1-2,4,6-18H2,3H3. The third-order valence-corrected chi connectivity index (χ3v) is 6.59. The molecule has 0 aromatic carbocycles. The minimum Gasteiger partial charge on any atom is -0.391 e. The molecule has 2 aliphatic rings. The molecule has 0 amide bonds. The predicted molar refractivity (Wildman–Crippen MR) is 115 cm³/mol. The maximum atomic E-state index is 4.44. The second-order valence-electron chi connectivity index (χ2n) is 8.78. The van der Waals surface area contributed by atoms with Gasteiger partial charge in [0.2, 0.25) is 0 Å². The second kappa shape index (κ2) is 11.5. The molecule has 2 rings (SSSR count). The van der Waals surface area contributed by atoms with Crippen molar-refractivity contribution in [2.75, 3.05) is 6.54 Å². The van der Waals surface area contributed by atoms with E-state index in [1.165, 1.54) is 88.3 Å². The van der Waals surface area contributed by atoms with Crippen molar-refractivity contribution in [2.45, 2.75) is 90.0 Å². The lowest BCUT2D eigenvalue weighted by Gasteiger charge is -2.38. The molecule has 2 unspecified atom stereocenters. The van der Waals surface area contributed by atoms with Crippen LogP contribution in [-0.4, -0.2) is 12.6 Å². The van der Waals surface area contributed by atoms with Crippen LogP contribution in [0.15, 0.2) is 37.2 Å². The largest absolute Gasteiger partial charge is 0.391 e. The van der Waals surface area contributed by atoms with Gasteiger partial charge in [0.1, 0.15) is 0 Å². The molecule has 2 nitrogen and oxygen atoms in total. The van der Waals surface area contributed by atoms with Gasteiger partial charge in [-0.1, -0.05) is 70.3 Å². The van der Waals surface area contributed by atoms with E-state index in [0.717, 1.165) is 18.4 Å². The molecular weight excluding hydrogens is 316 g/mol. The Balaban J connectivity index is 2.00. The van der Waals surface area contributed by atoms with Crippen LogP contribution in [0, 0.1) is 17.8 Å². The summed E-state index contributed by atoms with van der Waals surface area (Å²) in [6.07, 6.45) is 17.9. The Kier molecular flexibility index (Phi) is 9.36. The van der Waals surface area contributed by atoms with Crippen LogP contribution in [0.25, 0.3) is 0 Å². The molecule has 0 aliphatic heterocycles. The summed E-state index contributed by atoms with van der Waals surface area (Å²) in [4.78, 5) is 0. The Morgan fingerprint density at radius 2 is 1.69 bits per heavy atom. The van der Waals surface area contributed by atoms with Gasteiger partial charge >= 0.3 is 0 Å². The monoisotopic (exact) mass is 358 g/mol. The first kappa shape index (κ1) is 21.1. The molecule has 2 heteroatoms. The summed E-state index contributed by atoms with van der Waals surface area (Å²) in [6, 6.07) is 0.519. The first-order valence-electron chi connectivity index (χ1n) is 11.1. The molecule has 26 heavy (non-hydrogen) atoms. The zero-order chi connectivity index (χ0) is 18.8. The average molecular weight is 359 g/mol. The van der Waals surface area contributed by atoms with E-state index in [2.05, 4.69) is 37.3 Å². The molecule has 2 aliphatic carbocycles. The van der Waals surface area contributed by atoms with Gasteiger partial charge in [0.05, 0.1) is 0 Å². The van der Waals surface area contributed by atoms with Gasteiger partial charge in [0, 0.05) is 18.3 Å². The summed E-state index contributed by atoms with van der Waals surface area (Å²) in [5.41, 5.74) is 2.61. The van der Waals surface area contributed by atoms with Crippen molar-refractivity contribution >= 4 is 0 Å². The van der Waals surface area contributed by atoms with Crippen LogP contribution in [-0.2, 0) is 0 Å². The second-order valence-corrected chi connectivity index (χ2v) is 8.78. The zero-order valence-electron chi connectivity index (χ0n) is 17.2. The number of allylic oxidation sites excluding steroid dienone is 1.